The monoisotopic (exact) mass is 393 g/mol. The van der Waals surface area contributed by atoms with E-state index >= 15 is 0 Å². The van der Waals surface area contributed by atoms with E-state index in [0.717, 1.165) is 27.7 Å². The quantitative estimate of drug-likeness (QED) is 0.550. The number of nitrogens with one attached hydrogen (secondary N) is 1. The molecule has 1 aromatic heterocycles. The Kier molecular flexibility index (Phi) is 6.25. The highest BCUT2D eigenvalue weighted by molar-refractivity contribution is 7.99. The van der Waals surface area contributed by atoms with Crippen molar-refractivity contribution in [3.8, 4) is 5.69 Å². The van der Waals surface area contributed by atoms with Crippen LogP contribution in [0.5, 0.6) is 0 Å². The summed E-state index contributed by atoms with van der Waals surface area (Å²) in [6.45, 7) is 10.5. The number of carbonyl (C=O) groups is 1. The summed E-state index contributed by atoms with van der Waals surface area (Å²) in [5.74, 6) is 0.649. The van der Waals surface area contributed by atoms with E-state index in [0.29, 0.717) is 11.7 Å². The van der Waals surface area contributed by atoms with E-state index in [1.807, 2.05) is 29.8 Å². The average molecular weight is 394 g/mol. The van der Waals surface area contributed by atoms with Crippen molar-refractivity contribution in [2.75, 3.05) is 11.1 Å². The van der Waals surface area contributed by atoms with Gasteiger partial charge < -0.3 is 5.32 Å². The van der Waals surface area contributed by atoms with Gasteiger partial charge in [-0.2, -0.15) is 0 Å². The van der Waals surface area contributed by atoms with E-state index in [2.05, 4.69) is 62.3 Å². The highest BCUT2D eigenvalue weighted by Crippen LogP contribution is 2.28. The third-order valence-corrected chi connectivity index (χ3v) is 5.72. The number of aromatic nitrogens is 2. The summed E-state index contributed by atoms with van der Waals surface area (Å²) >= 11 is 1.45. The minimum absolute atomic E-state index is 0.0169. The molecule has 1 N–H and O–H groups in total. The average Bonchev–Trinajstić information content (AvgIpc) is 3.12. The third-order valence-electron chi connectivity index (χ3n) is 4.75. The Morgan fingerprint density at radius 2 is 1.93 bits per heavy atom. The number of benzene rings is 2. The molecular formula is C23H27N3OS. The maximum atomic E-state index is 12.6. The predicted octanol–water partition coefficient (Wildman–Crippen LogP) is 5.65. The maximum Gasteiger partial charge on any atom is 0.234 e. The molecule has 0 spiro atoms. The molecule has 0 aliphatic rings. The lowest BCUT2D eigenvalue weighted by Crippen LogP contribution is -2.17. The summed E-state index contributed by atoms with van der Waals surface area (Å²) in [5, 5.41) is 3.92. The lowest BCUT2D eigenvalue weighted by atomic mass is 9.98. The molecule has 28 heavy (non-hydrogen) atoms. The summed E-state index contributed by atoms with van der Waals surface area (Å²) < 4.78 is 2.05. The van der Waals surface area contributed by atoms with E-state index in [1.165, 1.54) is 22.9 Å². The van der Waals surface area contributed by atoms with Crippen LogP contribution in [0.2, 0.25) is 0 Å². The van der Waals surface area contributed by atoms with Crippen molar-refractivity contribution in [2.45, 2.75) is 45.7 Å². The maximum absolute atomic E-state index is 12.6. The van der Waals surface area contributed by atoms with Crippen LogP contribution in [0.25, 0.3) is 5.69 Å². The number of para-hydroxylation sites is 1. The highest BCUT2D eigenvalue weighted by atomic mass is 32.2. The van der Waals surface area contributed by atoms with Crippen LogP contribution in [0.4, 0.5) is 5.69 Å². The van der Waals surface area contributed by atoms with Crippen molar-refractivity contribution in [2.24, 2.45) is 0 Å². The van der Waals surface area contributed by atoms with Gasteiger partial charge in [-0.05, 0) is 55.0 Å². The topological polar surface area (TPSA) is 46.9 Å². The molecule has 0 saturated carbocycles. The van der Waals surface area contributed by atoms with Crippen molar-refractivity contribution in [3.05, 3.63) is 71.0 Å². The first-order valence-electron chi connectivity index (χ1n) is 9.50. The Morgan fingerprint density at radius 3 is 2.68 bits per heavy atom. The summed E-state index contributed by atoms with van der Waals surface area (Å²) in [5.41, 5.74) is 6.65. The summed E-state index contributed by atoms with van der Waals surface area (Å²) in [6, 6.07) is 12.5. The fourth-order valence-corrected chi connectivity index (χ4v) is 3.97. The van der Waals surface area contributed by atoms with Crippen LogP contribution < -0.4 is 5.32 Å². The molecule has 5 heteroatoms. The van der Waals surface area contributed by atoms with Crippen LogP contribution in [-0.4, -0.2) is 21.2 Å². The number of rotatable bonds is 6. The van der Waals surface area contributed by atoms with Gasteiger partial charge in [0.1, 0.15) is 0 Å². The van der Waals surface area contributed by atoms with Crippen molar-refractivity contribution < 1.29 is 4.79 Å². The number of imidazole rings is 1. The van der Waals surface area contributed by atoms with Gasteiger partial charge in [0.25, 0.3) is 0 Å². The number of thioether (sulfide) groups is 1. The summed E-state index contributed by atoms with van der Waals surface area (Å²) in [6.07, 6.45) is 3.72. The third kappa shape index (κ3) is 4.47. The molecule has 0 radical (unpaired) electrons. The summed E-state index contributed by atoms with van der Waals surface area (Å²) in [4.78, 5) is 17.1. The molecule has 2 aromatic carbocycles. The minimum Gasteiger partial charge on any atom is -0.325 e. The number of carbonyl (C=O) groups excluding carboxylic acids is 1. The van der Waals surface area contributed by atoms with Crippen LogP contribution in [0.1, 0.15) is 42.0 Å². The SMILES string of the molecule is Cc1ccc(C)c(-n2ccnc2SCC(=O)Nc2c(C)cccc2C(C)C)c1. The van der Waals surface area contributed by atoms with Crippen LogP contribution in [0, 0.1) is 20.8 Å². The lowest BCUT2D eigenvalue weighted by Gasteiger charge is -2.16. The minimum atomic E-state index is -0.0169. The molecule has 0 aliphatic heterocycles. The first kappa shape index (κ1) is 20.2. The number of anilines is 1. The molecule has 0 bridgehead atoms. The fourth-order valence-electron chi connectivity index (χ4n) is 3.21. The van der Waals surface area contributed by atoms with Gasteiger partial charge in [-0.15, -0.1) is 0 Å². The predicted molar refractivity (Wildman–Crippen MR) is 118 cm³/mol. The summed E-state index contributed by atoms with van der Waals surface area (Å²) in [7, 11) is 0. The molecule has 0 atom stereocenters. The number of nitrogens with zero attached hydrogens (tertiary/aromatic N) is 2. The standard InChI is InChI=1S/C23H27N3OS/c1-15(2)19-8-6-7-18(5)22(19)25-21(27)14-28-23-24-11-12-26(23)20-13-16(3)9-10-17(20)4/h6-13,15H,14H2,1-5H3,(H,25,27). The number of hydrogen-bond acceptors (Lipinski definition) is 3. The van der Waals surface area contributed by atoms with Gasteiger partial charge >= 0.3 is 0 Å². The molecule has 0 saturated heterocycles. The molecule has 0 fully saturated rings. The molecule has 3 aromatic rings. The van der Waals surface area contributed by atoms with Crippen molar-refractivity contribution in [3.63, 3.8) is 0 Å². The van der Waals surface area contributed by atoms with Gasteiger partial charge in [-0.25, -0.2) is 4.98 Å². The second kappa shape index (κ2) is 8.65. The van der Waals surface area contributed by atoms with Crippen molar-refractivity contribution in [1.29, 1.82) is 0 Å². The number of amides is 1. The van der Waals surface area contributed by atoms with Crippen LogP contribution in [-0.2, 0) is 4.79 Å². The molecular weight excluding hydrogens is 366 g/mol. The first-order valence-corrected chi connectivity index (χ1v) is 10.5. The van der Waals surface area contributed by atoms with Crippen molar-refractivity contribution >= 4 is 23.4 Å². The molecule has 1 heterocycles. The zero-order valence-corrected chi connectivity index (χ0v) is 17.9. The molecule has 146 valence electrons. The van der Waals surface area contributed by atoms with Gasteiger partial charge in [0.15, 0.2) is 5.16 Å². The van der Waals surface area contributed by atoms with Crippen LogP contribution in [0.15, 0.2) is 53.9 Å². The van der Waals surface area contributed by atoms with Gasteiger partial charge in [0, 0.05) is 18.1 Å². The second-order valence-corrected chi connectivity index (χ2v) is 8.34. The first-order chi connectivity index (χ1) is 13.4. The fraction of sp³-hybridized carbons (Fsp3) is 0.304. The highest BCUT2D eigenvalue weighted by Gasteiger charge is 2.14. The van der Waals surface area contributed by atoms with Crippen LogP contribution in [0.3, 0.4) is 0 Å². The largest absolute Gasteiger partial charge is 0.325 e. The molecule has 3 rings (SSSR count). The van der Waals surface area contributed by atoms with Gasteiger partial charge in [-0.3, -0.25) is 9.36 Å². The molecule has 0 aliphatic carbocycles. The Morgan fingerprint density at radius 1 is 1.14 bits per heavy atom. The van der Waals surface area contributed by atoms with Gasteiger partial charge in [0.05, 0.1) is 11.4 Å². The number of hydrogen-bond donors (Lipinski definition) is 1. The van der Waals surface area contributed by atoms with E-state index in [4.69, 9.17) is 0 Å². The Bertz CT molecular complexity index is 991. The van der Waals surface area contributed by atoms with Gasteiger partial charge in [-0.1, -0.05) is 55.9 Å². The Hall–Kier alpha value is -2.53. The van der Waals surface area contributed by atoms with E-state index in [9.17, 15) is 4.79 Å². The van der Waals surface area contributed by atoms with Gasteiger partial charge in [0.2, 0.25) is 5.91 Å². The smallest absolute Gasteiger partial charge is 0.234 e. The Labute approximate surface area is 171 Å². The van der Waals surface area contributed by atoms with E-state index in [1.54, 1.807) is 6.20 Å². The van der Waals surface area contributed by atoms with Crippen molar-refractivity contribution in [1.82, 2.24) is 9.55 Å². The molecule has 0 unspecified atom stereocenters. The molecule has 1 amide bonds. The van der Waals surface area contributed by atoms with E-state index < -0.39 is 0 Å². The van der Waals surface area contributed by atoms with E-state index in [-0.39, 0.29) is 5.91 Å². The zero-order valence-electron chi connectivity index (χ0n) is 17.1. The lowest BCUT2D eigenvalue weighted by molar-refractivity contribution is -0.113. The number of aryl methyl sites for hydroxylation is 3. The molecule has 4 nitrogen and oxygen atoms in total. The zero-order chi connectivity index (χ0) is 20.3. The normalized spacial score (nSPS) is 11.1. The van der Waals surface area contributed by atoms with Crippen LogP contribution >= 0.6 is 11.8 Å². The Balaban J connectivity index is 1.74. The second-order valence-electron chi connectivity index (χ2n) is 7.40.